The van der Waals surface area contributed by atoms with Gasteiger partial charge in [-0.3, -0.25) is 14.9 Å². The van der Waals surface area contributed by atoms with E-state index in [1.54, 1.807) is 26.4 Å². The molecule has 0 unspecified atom stereocenters. The summed E-state index contributed by atoms with van der Waals surface area (Å²) in [6.07, 6.45) is 1.50. The lowest BCUT2D eigenvalue weighted by molar-refractivity contribution is -0.128. The van der Waals surface area contributed by atoms with Gasteiger partial charge in [0, 0.05) is 42.1 Å². The second-order valence-electron chi connectivity index (χ2n) is 7.18. The molecule has 1 N–H and O–H groups in total. The highest BCUT2D eigenvalue weighted by Crippen LogP contribution is 2.35. The lowest BCUT2D eigenvalue weighted by Crippen LogP contribution is -2.24. The maximum absolute atomic E-state index is 12.8. The first-order valence-electron chi connectivity index (χ1n) is 9.93. The van der Waals surface area contributed by atoms with E-state index in [1.807, 2.05) is 40.6 Å². The minimum absolute atomic E-state index is 0.166. The lowest BCUT2D eigenvalue weighted by atomic mass is 10.1. The first kappa shape index (κ1) is 20.9. The molecule has 0 atom stereocenters. The van der Waals surface area contributed by atoms with Gasteiger partial charge in [-0.25, -0.2) is 4.98 Å². The molecule has 1 aromatic heterocycles. The molecular formula is C23H23N3O4S. The van der Waals surface area contributed by atoms with Crippen molar-refractivity contribution in [2.45, 2.75) is 19.4 Å². The molecule has 0 saturated carbocycles. The van der Waals surface area contributed by atoms with Crippen molar-refractivity contribution in [2.24, 2.45) is 0 Å². The van der Waals surface area contributed by atoms with Gasteiger partial charge in [0.2, 0.25) is 5.91 Å². The van der Waals surface area contributed by atoms with Gasteiger partial charge >= 0.3 is 0 Å². The van der Waals surface area contributed by atoms with Crippen molar-refractivity contribution in [1.82, 2.24) is 9.88 Å². The van der Waals surface area contributed by atoms with E-state index in [0.29, 0.717) is 40.9 Å². The average Bonchev–Trinajstić information content (AvgIpc) is 3.42. The van der Waals surface area contributed by atoms with Crippen molar-refractivity contribution < 1.29 is 19.1 Å². The Hall–Kier alpha value is -3.39. The number of thiazole rings is 1. The second-order valence-corrected chi connectivity index (χ2v) is 8.04. The molecule has 4 rings (SSSR count). The van der Waals surface area contributed by atoms with Gasteiger partial charge in [0.1, 0.15) is 11.5 Å². The maximum Gasteiger partial charge on any atom is 0.257 e. The van der Waals surface area contributed by atoms with Crippen LogP contribution in [0.5, 0.6) is 11.5 Å². The molecule has 1 aliphatic rings. The molecule has 0 aliphatic carbocycles. The average molecular weight is 438 g/mol. The number of methoxy groups -OCH3 is 2. The zero-order valence-electron chi connectivity index (χ0n) is 17.4. The van der Waals surface area contributed by atoms with Crippen molar-refractivity contribution in [3.63, 3.8) is 0 Å². The Labute approximate surface area is 184 Å². The summed E-state index contributed by atoms with van der Waals surface area (Å²) in [5.41, 5.74) is 2.99. The first-order valence-corrected chi connectivity index (χ1v) is 10.8. The molecule has 8 heteroatoms. The fourth-order valence-electron chi connectivity index (χ4n) is 3.54. The molecule has 2 aromatic carbocycles. The largest absolute Gasteiger partial charge is 0.497 e. The Balaban J connectivity index is 1.47. The number of rotatable bonds is 7. The van der Waals surface area contributed by atoms with Crippen molar-refractivity contribution in [3.05, 3.63) is 59.0 Å². The highest BCUT2D eigenvalue weighted by molar-refractivity contribution is 7.14. The third kappa shape index (κ3) is 4.69. The maximum atomic E-state index is 12.8. The highest BCUT2D eigenvalue weighted by atomic mass is 32.1. The molecule has 0 spiro atoms. The van der Waals surface area contributed by atoms with Crippen molar-refractivity contribution in [2.75, 3.05) is 26.1 Å². The number of ether oxygens (including phenoxy) is 2. The number of benzene rings is 2. The zero-order valence-corrected chi connectivity index (χ0v) is 18.2. The Bertz CT molecular complexity index is 1110. The van der Waals surface area contributed by atoms with Crippen molar-refractivity contribution >= 4 is 28.3 Å². The number of anilines is 1. The SMILES string of the molecule is COc1ccc(-c2csc(NC(=O)c3cccc(CN4CCCC4=O)c3)n2)c(OC)c1. The van der Waals surface area contributed by atoms with Gasteiger partial charge in [-0.05, 0) is 36.2 Å². The Kier molecular flexibility index (Phi) is 6.18. The van der Waals surface area contributed by atoms with Crippen molar-refractivity contribution in [3.8, 4) is 22.8 Å². The van der Waals surface area contributed by atoms with Gasteiger partial charge in [-0.1, -0.05) is 12.1 Å². The van der Waals surface area contributed by atoms with Crippen molar-refractivity contribution in [1.29, 1.82) is 0 Å². The smallest absolute Gasteiger partial charge is 0.257 e. The number of hydrogen-bond donors (Lipinski definition) is 1. The topological polar surface area (TPSA) is 80.8 Å². The molecular weight excluding hydrogens is 414 g/mol. The van der Waals surface area contributed by atoms with Crippen LogP contribution in [-0.2, 0) is 11.3 Å². The van der Waals surface area contributed by atoms with Gasteiger partial charge < -0.3 is 14.4 Å². The van der Waals surface area contributed by atoms with Crippen LogP contribution in [0.15, 0.2) is 47.8 Å². The molecule has 0 radical (unpaired) electrons. The summed E-state index contributed by atoms with van der Waals surface area (Å²) < 4.78 is 10.7. The molecule has 1 saturated heterocycles. The molecule has 31 heavy (non-hydrogen) atoms. The van der Waals surface area contributed by atoms with E-state index in [0.717, 1.165) is 24.1 Å². The van der Waals surface area contributed by atoms with Crippen LogP contribution in [0.1, 0.15) is 28.8 Å². The zero-order chi connectivity index (χ0) is 21.8. The van der Waals surface area contributed by atoms with Gasteiger partial charge in [-0.15, -0.1) is 11.3 Å². The number of carbonyl (C=O) groups is 2. The van der Waals surface area contributed by atoms with Crippen LogP contribution in [0.3, 0.4) is 0 Å². The first-order chi connectivity index (χ1) is 15.1. The van der Waals surface area contributed by atoms with Crippen LogP contribution in [0.2, 0.25) is 0 Å². The summed E-state index contributed by atoms with van der Waals surface area (Å²) in [6, 6.07) is 12.9. The van der Waals surface area contributed by atoms with E-state index in [2.05, 4.69) is 10.3 Å². The van der Waals surface area contributed by atoms with Gasteiger partial charge in [0.25, 0.3) is 5.91 Å². The predicted molar refractivity (Wildman–Crippen MR) is 120 cm³/mol. The standard InChI is InChI=1S/C23H23N3O4S/c1-29-17-8-9-18(20(12-17)30-2)19-14-31-23(24-19)25-22(28)16-6-3-5-15(11-16)13-26-10-4-7-21(26)27/h3,5-6,8-9,11-12,14H,4,7,10,13H2,1-2H3,(H,24,25,28). The number of carbonyl (C=O) groups excluding carboxylic acids is 2. The van der Waals surface area contributed by atoms with E-state index in [9.17, 15) is 9.59 Å². The fourth-order valence-corrected chi connectivity index (χ4v) is 4.24. The molecule has 1 fully saturated rings. The monoisotopic (exact) mass is 437 g/mol. The number of amides is 2. The van der Waals surface area contributed by atoms with E-state index < -0.39 is 0 Å². The normalized spacial score (nSPS) is 13.4. The highest BCUT2D eigenvalue weighted by Gasteiger charge is 2.20. The van der Waals surface area contributed by atoms with Gasteiger partial charge in [0.15, 0.2) is 5.13 Å². The van der Waals surface area contributed by atoms with Crippen LogP contribution < -0.4 is 14.8 Å². The number of hydrogen-bond acceptors (Lipinski definition) is 6. The summed E-state index contributed by atoms with van der Waals surface area (Å²) >= 11 is 1.34. The summed E-state index contributed by atoms with van der Waals surface area (Å²) in [7, 11) is 3.19. The number of nitrogens with zero attached hydrogens (tertiary/aromatic N) is 2. The van der Waals surface area contributed by atoms with E-state index in [4.69, 9.17) is 9.47 Å². The van der Waals surface area contributed by atoms with E-state index in [1.165, 1.54) is 11.3 Å². The number of nitrogens with one attached hydrogen (secondary N) is 1. The molecule has 3 aromatic rings. The third-order valence-electron chi connectivity index (χ3n) is 5.14. The number of aromatic nitrogens is 1. The Morgan fingerprint density at radius 1 is 1.19 bits per heavy atom. The second kappa shape index (κ2) is 9.18. The summed E-state index contributed by atoms with van der Waals surface area (Å²) in [6.45, 7) is 1.30. The van der Waals surface area contributed by atoms with Crippen LogP contribution in [0.4, 0.5) is 5.13 Å². The van der Waals surface area contributed by atoms with Gasteiger partial charge in [-0.2, -0.15) is 0 Å². The van der Waals surface area contributed by atoms with E-state index >= 15 is 0 Å². The minimum atomic E-state index is -0.239. The Morgan fingerprint density at radius 2 is 2.06 bits per heavy atom. The summed E-state index contributed by atoms with van der Waals surface area (Å²) in [5.74, 6) is 1.27. The number of likely N-dealkylation sites (tertiary alicyclic amines) is 1. The lowest BCUT2D eigenvalue weighted by Gasteiger charge is -2.15. The molecule has 160 valence electrons. The van der Waals surface area contributed by atoms with Crippen LogP contribution in [0, 0.1) is 0 Å². The predicted octanol–water partition coefficient (Wildman–Crippen LogP) is 4.20. The summed E-state index contributed by atoms with van der Waals surface area (Å²) in [5, 5.41) is 5.23. The van der Waals surface area contributed by atoms with Crippen LogP contribution in [-0.4, -0.2) is 42.5 Å². The molecule has 0 bridgehead atoms. The molecule has 2 heterocycles. The molecule has 7 nitrogen and oxygen atoms in total. The molecule has 1 aliphatic heterocycles. The van der Waals surface area contributed by atoms with Crippen LogP contribution in [0.25, 0.3) is 11.3 Å². The van der Waals surface area contributed by atoms with E-state index in [-0.39, 0.29) is 11.8 Å². The summed E-state index contributed by atoms with van der Waals surface area (Å²) in [4.78, 5) is 31.0. The van der Waals surface area contributed by atoms with Gasteiger partial charge in [0.05, 0.1) is 19.9 Å². The Morgan fingerprint density at radius 3 is 2.81 bits per heavy atom. The minimum Gasteiger partial charge on any atom is -0.497 e. The quantitative estimate of drug-likeness (QED) is 0.599. The fraction of sp³-hybridized carbons (Fsp3) is 0.261. The molecule has 2 amide bonds. The van der Waals surface area contributed by atoms with Crippen LogP contribution >= 0.6 is 11.3 Å². The third-order valence-corrected chi connectivity index (χ3v) is 5.90.